The number of rotatable bonds is 1. The summed E-state index contributed by atoms with van der Waals surface area (Å²) in [6.07, 6.45) is 0.169. The second kappa shape index (κ2) is 3.21. The predicted molar refractivity (Wildman–Crippen MR) is 57.3 cm³/mol. The van der Waals surface area contributed by atoms with E-state index in [-0.39, 0.29) is 11.9 Å². The fourth-order valence-corrected chi connectivity index (χ4v) is 4.16. The maximum atomic E-state index is 12.3. The molecule has 14 heavy (non-hydrogen) atoms. The van der Waals surface area contributed by atoms with E-state index >= 15 is 0 Å². The molecule has 0 fully saturated rings. The summed E-state index contributed by atoms with van der Waals surface area (Å²) in [5.41, 5.74) is 0.636. The molecule has 0 bridgehead atoms. The Morgan fingerprint density at radius 1 is 1.21 bits per heavy atom. The zero-order chi connectivity index (χ0) is 10.2. The fraction of sp³-hybridized carbons (Fsp3) is 0.182. The van der Waals surface area contributed by atoms with Crippen LogP contribution in [0.1, 0.15) is 6.92 Å². The number of hydrogen-bond donors (Lipinski definition) is 0. The van der Waals surface area contributed by atoms with E-state index in [4.69, 9.17) is 0 Å². The van der Waals surface area contributed by atoms with Crippen molar-refractivity contribution < 1.29 is 9.36 Å². The molecule has 1 aromatic rings. The van der Waals surface area contributed by atoms with Gasteiger partial charge >= 0.3 is 0 Å². The largest absolute Gasteiger partial charge is 0.314 e. The number of carbonyl (C=O) groups excluding carboxylic acids is 1. The Morgan fingerprint density at radius 3 is 2.36 bits per heavy atom. The van der Waals surface area contributed by atoms with Crippen molar-refractivity contribution in [1.29, 1.82) is 0 Å². The molecular weight excluding hydrogens is 195 g/mol. The van der Waals surface area contributed by atoms with Crippen LogP contribution in [0.2, 0.25) is 0 Å². The lowest BCUT2D eigenvalue weighted by Crippen LogP contribution is -2.06. The highest BCUT2D eigenvalue weighted by Crippen LogP contribution is 2.51. The number of carbonyl (C=O) groups is 1. The van der Waals surface area contributed by atoms with Crippen molar-refractivity contribution in [2.45, 2.75) is 6.92 Å². The Balaban J connectivity index is 2.47. The minimum Gasteiger partial charge on any atom is -0.314 e. The second-order valence-corrected chi connectivity index (χ2v) is 6.21. The first-order valence-electron chi connectivity index (χ1n) is 4.49. The standard InChI is InChI=1S/C11H11O2P/c1-9-7-14(13,8-11(9)12)10-5-3-2-4-6-10/h2-7H,8H2,1H3. The van der Waals surface area contributed by atoms with Gasteiger partial charge in [-0.15, -0.1) is 0 Å². The summed E-state index contributed by atoms with van der Waals surface area (Å²) in [5, 5.41) is 0.783. The minimum atomic E-state index is -2.55. The molecule has 1 atom stereocenters. The van der Waals surface area contributed by atoms with Gasteiger partial charge in [-0.2, -0.15) is 0 Å². The van der Waals surface area contributed by atoms with Crippen molar-refractivity contribution in [3.05, 3.63) is 41.7 Å². The van der Waals surface area contributed by atoms with Gasteiger partial charge in [0.2, 0.25) is 0 Å². The van der Waals surface area contributed by atoms with Crippen LogP contribution in [0.15, 0.2) is 41.7 Å². The quantitative estimate of drug-likeness (QED) is 0.660. The second-order valence-electron chi connectivity index (χ2n) is 3.52. The molecule has 3 heteroatoms. The number of benzene rings is 1. The van der Waals surface area contributed by atoms with Gasteiger partial charge in [0.1, 0.15) is 7.14 Å². The Hall–Kier alpha value is -1.14. The number of Topliss-reactive ketones (excluding diaryl/α,β-unsaturated/α-hetero) is 1. The Morgan fingerprint density at radius 2 is 1.86 bits per heavy atom. The van der Waals surface area contributed by atoms with Gasteiger partial charge in [-0.1, -0.05) is 30.3 Å². The summed E-state index contributed by atoms with van der Waals surface area (Å²) < 4.78 is 12.3. The van der Waals surface area contributed by atoms with Crippen LogP contribution in [-0.4, -0.2) is 11.9 Å². The van der Waals surface area contributed by atoms with Gasteiger partial charge < -0.3 is 4.57 Å². The zero-order valence-corrected chi connectivity index (χ0v) is 8.83. The predicted octanol–water partition coefficient (Wildman–Crippen LogP) is 2.16. The van der Waals surface area contributed by atoms with E-state index in [0.29, 0.717) is 5.57 Å². The average Bonchev–Trinajstić information content (AvgIpc) is 2.44. The molecule has 0 saturated heterocycles. The third-order valence-corrected chi connectivity index (χ3v) is 5.15. The van der Waals surface area contributed by atoms with Crippen molar-refractivity contribution in [1.82, 2.24) is 0 Å². The molecule has 1 unspecified atom stereocenters. The first-order valence-corrected chi connectivity index (χ1v) is 6.45. The molecule has 1 aliphatic heterocycles. The number of allylic oxidation sites excluding steroid dienone is 1. The summed E-state index contributed by atoms with van der Waals surface area (Å²) in [5.74, 6) is 1.65. The van der Waals surface area contributed by atoms with Crippen LogP contribution >= 0.6 is 7.14 Å². The molecule has 1 heterocycles. The topological polar surface area (TPSA) is 34.1 Å². The maximum absolute atomic E-state index is 12.3. The van der Waals surface area contributed by atoms with Crippen molar-refractivity contribution in [2.24, 2.45) is 0 Å². The summed E-state index contributed by atoms with van der Waals surface area (Å²) >= 11 is 0. The summed E-state index contributed by atoms with van der Waals surface area (Å²) in [4.78, 5) is 11.3. The average molecular weight is 206 g/mol. The molecule has 1 aromatic carbocycles. The third kappa shape index (κ3) is 1.46. The zero-order valence-electron chi connectivity index (χ0n) is 7.93. The molecule has 0 spiro atoms. The molecule has 0 aliphatic carbocycles. The van der Waals surface area contributed by atoms with E-state index in [2.05, 4.69) is 0 Å². The molecule has 2 nitrogen and oxygen atoms in total. The lowest BCUT2D eigenvalue weighted by molar-refractivity contribution is -0.113. The highest BCUT2D eigenvalue weighted by atomic mass is 31.2. The third-order valence-electron chi connectivity index (χ3n) is 2.41. The lowest BCUT2D eigenvalue weighted by atomic mass is 10.3. The van der Waals surface area contributed by atoms with E-state index in [1.807, 2.05) is 30.3 Å². The van der Waals surface area contributed by atoms with E-state index in [1.54, 1.807) is 12.7 Å². The maximum Gasteiger partial charge on any atom is 0.166 e. The smallest absolute Gasteiger partial charge is 0.166 e. The Kier molecular flexibility index (Phi) is 2.16. The molecule has 1 aliphatic rings. The number of ketones is 1. The molecule has 2 rings (SSSR count). The van der Waals surface area contributed by atoms with Gasteiger partial charge in [0.05, 0.1) is 6.16 Å². The van der Waals surface area contributed by atoms with Crippen LogP contribution in [0.25, 0.3) is 0 Å². The fourth-order valence-electron chi connectivity index (χ4n) is 1.61. The van der Waals surface area contributed by atoms with Gasteiger partial charge in [0, 0.05) is 5.30 Å². The summed E-state index contributed by atoms with van der Waals surface area (Å²) in [6, 6.07) is 9.22. The first-order chi connectivity index (χ1) is 6.62. The molecule has 0 amide bonds. The highest BCUT2D eigenvalue weighted by Gasteiger charge is 2.32. The van der Waals surface area contributed by atoms with Crippen LogP contribution in [0.5, 0.6) is 0 Å². The van der Waals surface area contributed by atoms with Crippen LogP contribution in [-0.2, 0) is 9.36 Å². The van der Waals surface area contributed by atoms with E-state index in [9.17, 15) is 9.36 Å². The summed E-state index contributed by atoms with van der Waals surface area (Å²) in [6.45, 7) is 1.73. The van der Waals surface area contributed by atoms with Crippen molar-refractivity contribution in [3.8, 4) is 0 Å². The van der Waals surface area contributed by atoms with Gasteiger partial charge in [0.15, 0.2) is 5.78 Å². The van der Waals surface area contributed by atoms with Gasteiger partial charge in [0.25, 0.3) is 0 Å². The van der Waals surface area contributed by atoms with Gasteiger partial charge in [-0.05, 0) is 18.3 Å². The molecule has 0 radical (unpaired) electrons. The van der Waals surface area contributed by atoms with E-state index < -0.39 is 7.14 Å². The van der Waals surface area contributed by atoms with Crippen molar-refractivity contribution in [3.63, 3.8) is 0 Å². The highest BCUT2D eigenvalue weighted by molar-refractivity contribution is 7.76. The summed E-state index contributed by atoms with van der Waals surface area (Å²) in [7, 11) is -2.55. The lowest BCUT2D eigenvalue weighted by Gasteiger charge is -2.07. The first kappa shape index (κ1) is 9.42. The van der Waals surface area contributed by atoms with Gasteiger partial charge in [-0.25, -0.2) is 0 Å². The molecule has 72 valence electrons. The molecule has 0 N–H and O–H groups in total. The van der Waals surface area contributed by atoms with E-state index in [1.165, 1.54) is 0 Å². The monoisotopic (exact) mass is 206 g/mol. The molecule has 0 saturated carbocycles. The SMILES string of the molecule is CC1=CP(=O)(c2ccccc2)CC1=O. The van der Waals surface area contributed by atoms with Crippen LogP contribution in [0.4, 0.5) is 0 Å². The Bertz CT molecular complexity index is 446. The van der Waals surface area contributed by atoms with Crippen LogP contribution in [0, 0.1) is 0 Å². The van der Waals surface area contributed by atoms with Gasteiger partial charge in [-0.3, -0.25) is 4.79 Å². The van der Waals surface area contributed by atoms with Crippen LogP contribution < -0.4 is 5.30 Å². The normalized spacial score (nSPS) is 26.4. The van der Waals surface area contributed by atoms with Crippen LogP contribution in [0.3, 0.4) is 0 Å². The Labute approximate surface area is 83.0 Å². The molecule has 0 aromatic heterocycles. The van der Waals surface area contributed by atoms with Crippen molar-refractivity contribution in [2.75, 3.05) is 6.16 Å². The number of hydrogen-bond acceptors (Lipinski definition) is 2. The minimum absolute atomic E-state index is 0.0113. The molecular formula is C11H11O2P. The van der Waals surface area contributed by atoms with E-state index in [0.717, 1.165) is 5.30 Å². The van der Waals surface area contributed by atoms with Crippen molar-refractivity contribution >= 4 is 18.2 Å².